The first-order chi connectivity index (χ1) is 12.4. The van der Waals surface area contributed by atoms with Crippen LogP contribution in [-0.4, -0.2) is 18.5 Å². The SMILES string of the molecule is C=C.CCC(C)C.CCC1(CN(C)Cc2ccccc2)CCC(C)CC1. The van der Waals surface area contributed by atoms with Gasteiger partial charge < -0.3 is 4.90 Å². The van der Waals surface area contributed by atoms with Crippen LogP contribution in [0, 0.1) is 17.3 Å². The van der Waals surface area contributed by atoms with Gasteiger partial charge in [-0.15, -0.1) is 13.2 Å². The molecule has 26 heavy (non-hydrogen) atoms. The molecule has 150 valence electrons. The molecule has 0 amide bonds. The van der Waals surface area contributed by atoms with Gasteiger partial charge in [-0.2, -0.15) is 0 Å². The maximum atomic E-state index is 3.00. The summed E-state index contributed by atoms with van der Waals surface area (Å²) in [5.74, 6) is 1.83. The smallest absolute Gasteiger partial charge is 0.0230 e. The molecule has 1 heteroatoms. The minimum Gasteiger partial charge on any atom is -0.302 e. The molecule has 1 aliphatic rings. The highest BCUT2D eigenvalue weighted by Gasteiger charge is 2.33. The highest BCUT2D eigenvalue weighted by molar-refractivity contribution is 5.14. The van der Waals surface area contributed by atoms with E-state index in [1.54, 1.807) is 0 Å². The van der Waals surface area contributed by atoms with E-state index < -0.39 is 0 Å². The van der Waals surface area contributed by atoms with Crippen molar-refractivity contribution in [2.24, 2.45) is 17.3 Å². The van der Waals surface area contributed by atoms with Gasteiger partial charge in [-0.1, -0.05) is 84.2 Å². The monoisotopic (exact) mass is 359 g/mol. The Morgan fingerprint density at radius 3 is 2.00 bits per heavy atom. The number of benzene rings is 1. The lowest BCUT2D eigenvalue weighted by Gasteiger charge is -2.41. The maximum absolute atomic E-state index is 3.00. The first kappa shape index (κ1) is 24.9. The van der Waals surface area contributed by atoms with Gasteiger partial charge in [0.25, 0.3) is 0 Å². The zero-order valence-corrected chi connectivity index (χ0v) is 18.6. The molecule has 0 atom stereocenters. The van der Waals surface area contributed by atoms with Crippen LogP contribution < -0.4 is 0 Å². The Bertz CT molecular complexity index is 429. The van der Waals surface area contributed by atoms with Crippen molar-refractivity contribution in [2.45, 2.75) is 79.7 Å². The van der Waals surface area contributed by atoms with Gasteiger partial charge in [-0.05, 0) is 49.1 Å². The largest absolute Gasteiger partial charge is 0.302 e. The molecule has 2 rings (SSSR count). The average Bonchev–Trinajstić information content (AvgIpc) is 2.66. The summed E-state index contributed by atoms with van der Waals surface area (Å²) in [6.07, 6.45) is 8.33. The minimum atomic E-state index is 0.579. The van der Waals surface area contributed by atoms with E-state index in [0.29, 0.717) is 5.41 Å². The average molecular weight is 360 g/mol. The third-order valence-corrected chi connectivity index (χ3v) is 5.80. The van der Waals surface area contributed by atoms with E-state index >= 15 is 0 Å². The van der Waals surface area contributed by atoms with Crippen molar-refractivity contribution in [3.63, 3.8) is 0 Å². The van der Waals surface area contributed by atoms with Crippen LogP contribution >= 0.6 is 0 Å². The number of nitrogens with zero attached hydrogens (tertiary/aromatic N) is 1. The predicted molar refractivity (Wildman–Crippen MR) is 120 cm³/mol. The van der Waals surface area contributed by atoms with Gasteiger partial charge >= 0.3 is 0 Å². The van der Waals surface area contributed by atoms with Crippen LogP contribution in [0.4, 0.5) is 0 Å². The summed E-state index contributed by atoms with van der Waals surface area (Å²) < 4.78 is 0. The van der Waals surface area contributed by atoms with Crippen LogP contribution in [0.5, 0.6) is 0 Å². The third-order valence-electron chi connectivity index (χ3n) is 5.80. The lowest BCUT2D eigenvalue weighted by atomic mass is 9.69. The molecule has 0 spiro atoms. The van der Waals surface area contributed by atoms with Crippen molar-refractivity contribution in [1.82, 2.24) is 4.90 Å². The quantitative estimate of drug-likeness (QED) is 0.473. The van der Waals surface area contributed by atoms with Gasteiger partial charge in [0.15, 0.2) is 0 Å². The molecule has 0 N–H and O–H groups in total. The van der Waals surface area contributed by atoms with Crippen LogP contribution in [0.2, 0.25) is 0 Å². The van der Waals surface area contributed by atoms with Gasteiger partial charge in [0.1, 0.15) is 0 Å². The second-order valence-corrected chi connectivity index (χ2v) is 8.50. The van der Waals surface area contributed by atoms with Crippen LogP contribution in [-0.2, 0) is 6.54 Å². The van der Waals surface area contributed by atoms with Gasteiger partial charge in [0.2, 0.25) is 0 Å². The van der Waals surface area contributed by atoms with E-state index in [2.05, 4.69) is 90.1 Å². The van der Waals surface area contributed by atoms with Crippen molar-refractivity contribution in [3.8, 4) is 0 Å². The van der Waals surface area contributed by atoms with Crippen molar-refractivity contribution in [1.29, 1.82) is 0 Å². The Kier molecular flexibility index (Phi) is 13.5. The Labute approximate surface area is 164 Å². The summed E-state index contributed by atoms with van der Waals surface area (Å²) in [7, 11) is 2.28. The molecular weight excluding hydrogens is 314 g/mol. The summed E-state index contributed by atoms with van der Waals surface area (Å²) in [4.78, 5) is 2.52. The summed E-state index contributed by atoms with van der Waals surface area (Å²) in [6.45, 7) is 19.8. The molecule has 1 nitrogen and oxygen atoms in total. The minimum absolute atomic E-state index is 0.579. The molecule has 0 aliphatic heterocycles. The van der Waals surface area contributed by atoms with E-state index in [1.807, 2.05) is 0 Å². The second-order valence-electron chi connectivity index (χ2n) is 8.50. The van der Waals surface area contributed by atoms with E-state index in [0.717, 1.165) is 18.4 Å². The zero-order valence-electron chi connectivity index (χ0n) is 18.6. The number of hydrogen-bond donors (Lipinski definition) is 0. The van der Waals surface area contributed by atoms with Crippen LogP contribution in [0.3, 0.4) is 0 Å². The molecule has 1 fully saturated rings. The summed E-state index contributed by atoms with van der Waals surface area (Å²) >= 11 is 0. The van der Waals surface area contributed by atoms with Gasteiger partial charge in [0, 0.05) is 13.1 Å². The third kappa shape index (κ3) is 10.2. The first-order valence-electron chi connectivity index (χ1n) is 10.6. The molecule has 1 saturated carbocycles. The van der Waals surface area contributed by atoms with Crippen molar-refractivity contribution >= 4 is 0 Å². The lowest BCUT2D eigenvalue weighted by Crippen LogP contribution is -2.37. The molecule has 0 radical (unpaired) electrons. The Morgan fingerprint density at radius 1 is 1.08 bits per heavy atom. The van der Waals surface area contributed by atoms with Gasteiger partial charge in [-0.25, -0.2) is 0 Å². The van der Waals surface area contributed by atoms with Gasteiger partial charge in [0.05, 0.1) is 0 Å². The van der Waals surface area contributed by atoms with Crippen LogP contribution in [0.25, 0.3) is 0 Å². The van der Waals surface area contributed by atoms with Crippen molar-refractivity contribution < 1.29 is 0 Å². The number of hydrogen-bond acceptors (Lipinski definition) is 1. The topological polar surface area (TPSA) is 3.24 Å². The molecular formula is C25H45N. The fourth-order valence-electron chi connectivity index (χ4n) is 3.52. The standard InChI is InChI=1S/C18H29N.C5H12.C2H4/c1-4-18(12-10-16(2)11-13-18)15-19(3)14-17-8-6-5-7-9-17;1-4-5(2)3;1-2/h5-9,16H,4,10-15H2,1-3H3;5H,4H2,1-3H3;1-2H2. The molecule has 0 heterocycles. The van der Waals surface area contributed by atoms with E-state index in [4.69, 9.17) is 0 Å². The van der Waals surface area contributed by atoms with E-state index in [-0.39, 0.29) is 0 Å². The molecule has 1 aliphatic carbocycles. The first-order valence-corrected chi connectivity index (χ1v) is 10.6. The van der Waals surface area contributed by atoms with Crippen LogP contribution in [0.1, 0.15) is 78.7 Å². The second kappa shape index (κ2) is 14.0. The highest BCUT2D eigenvalue weighted by atomic mass is 15.1. The number of rotatable bonds is 6. The summed E-state index contributed by atoms with van der Waals surface area (Å²) in [5, 5.41) is 0. The van der Waals surface area contributed by atoms with E-state index in [9.17, 15) is 0 Å². The molecule has 1 aromatic carbocycles. The fraction of sp³-hybridized carbons (Fsp3) is 0.680. The molecule has 1 aromatic rings. The van der Waals surface area contributed by atoms with Gasteiger partial charge in [-0.3, -0.25) is 0 Å². The summed E-state index contributed by atoms with van der Waals surface area (Å²) in [5.41, 5.74) is 2.01. The molecule has 0 bridgehead atoms. The Morgan fingerprint density at radius 2 is 1.58 bits per heavy atom. The van der Waals surface area contributed by atoms with E-state index in [1.165, 1.54) is 50.6 Å². The highest BCUT2D eigenvalue weighted by Crippen LogP contribution is 2.41. The lowest BCUT2D eigenvalue weighted by molar-refractivity contribution is 0.0930. The Hall–Kier alpha value is -1.08. The molecule has 0 saturated heterocycles. The maximum Gasteiger partial charge on any atom is 0.0230 e. The fourth-order valence-corrected chi connectivity index (χ4v) is 3.52. The predicted octanol–water partition coefficient (Wildman–Crippen LogP) is 7.58. The summed E-state index contributed by atoms with van der Waals surface area (Å²) in [6, 6.07) is 10.8. The normalized spacial score (nSPS) is 22.2. The molecule has 0 aromatic heterocycles. The molecule has 0 unspecified atom stereocenters. The van der Waals surface area contributed by atoms with Crippen molar-refractivity contribution in [2.75, 3.05) is 13.6 Å². The van der Waals surface area contributed by atoms with Crippen molar-refractivity contribution in [3.05, 3.63) is 49.1 Å². The zero-order chi connectivity index (χ0) is 20.0. The Balaban J connectivity index is 0.000000772. The van der Waals surface area contributed by atoms with Crippen LogP contribution in [0.15, 0.2) is 43.5 Å².